The van der Waals surface area contributed by atoms with Crippen LogP contribution in [-0.2, 0) is 4.74 Å². The molecule has 0 saturated heterocycles. The van der Waals surface area contributed by atoms with E-state index >= 15 is 0 Å². The van der Waals surface area contributed by atoms with Crippen LogP contribution in [0.15, 0.2) is 11.1 Å². The van der Waals surface area contributed by atoms with E-state index in [1.807, 2.05) is 6.07 Å². The van der Waals surface area contributed by atoms with Crippen molar-refractivity contribution in [1.29, 1.82) is 10.7 Å². The van der Waals surface area contributed by atoms with E-state index in [0.717, 1.165) is 5.57 Å². The molecule has 0 aromatic heterocycles. The summed E-state index contributed by atoms with van der Waals surface area (Å²) in [7, 11) is 0. The van der Waals surface area contributed by atoms with Crippen molar-refractivity contribution in [2.24, 2.45) is 0 Å². The third-order valence-electron chi connectivity index (χ3n) is 1.20. The molecule has 1 N–H and O–H groups in total. The van der Waals surface area contributed by atoms with Gasteiger partial charge in [0.25, 0.3) is 0 Å². The zero-order valence-corrected chi connectivity index (χ0v) is 5.06. The van der Waals surface area contributed by atoms with Gasteiger partial charge < -0.3 is 4.74 Å². The van der Waals surface area contributed by atoms with E-state index in [-0.39, 0.29) is 5.90 Å². The lowest BCUT2D eigenvalue weighted by Gasteiger charge is -1.89. The van der Waals surface area contributed by atoms with Crippen LogP contribution in [0.4, 0.5) is 0 Å². The number of ether oxygens (including phenoxy) is 1. The van der Waals surface area contributed by atoms with Gasteiger partial charge in [-0.3, -0.25) is 5.41 Å². The summed E-state index contributed by atoms with van der Waals surface area (Å²) in [6.07, 6.45) is 0. The third kappa shape index (κ3) is 0.789. The van der Waals surface area contributed by atoms with Gasteiger partial charge in [0.1, 0.15) is 18.2 Å². The smallest absolute Gasteiger partial charge is 0.224 e. The van der Waals surface area contributed by atoms with Gasteiger partial charge in [-0.25, -0.2) is 0 Å². The Morgan fingerprint density at radius 2 is 2.44 bits per heavy atom. The van der Waals surface area contributed by atoms with Crippen LogP contribution >= 0.6 is 0 Å². The van der Waals surface area contributed by atoms with Crippen LogP contribution in [0.2, 0.25) is 0 Å². The molecule has 1 heterocycles. The molecule has 0 radical (unpaired) electrons. The number of nitriles is 1. The van der Waals surface area contributed by atoms with E-state index in [1.54, 1.807) is 6.92 Å². The summed E-state index contributed by atoms with van der Waals surface area (Å²) in [5.41, 5.74) is 1.23. The van der Waals surface area contributed by atoms with Crippen molar-refractivity contribution in [1.82, 2.24) is 0 Å². The summed E-state index contributed by atoms with van der Waals surface area (Å²) >= 11 is 0. The van der Waals surface area contributed by atoms with Crippen LogP contribution in [0.5, 0.6) is 0 Å². The van der Waals surface area contributed by atoms with Crippen LogP contribution in [-0.4, -0.2) is 12.5 Å². The molecular formula is C6H6N2O. The van der Waals surface area contributed by atoms with E-state index in [1.165, 1.54) is 0 Å². The van der Waals surface area contributed by atoms with Gasteiger partial charge >= 0.3 is 0 Å². The predicted octanol–water partition coefficient (Wildman–Crippen LogP) is 0.834. The minimum Gasteiger partial charge on any atom is -0.473 e. The maximum atomic E-state index is 8.38. The zero-order chi connectivity index (χ0) is 6.85. The topological polar surface area (TPSA) is 56.9 Å². The molecule has 9 heavy (non-hydrogen) atoms. The van der Waals surface area contributed by atoms with Crippen molar-refractivity contribution < 1.29 is 4.74 Å². The summed E-state index contributed by atoms with van der Waals surface area (Å²) in [4.78, 5) is 0. The lowest BCUT2D eigenvalue weighted by Crippen LogP contribution is -1.94. The molecule has 0 aromatic carbocycles. The molecule has 0 fully saturated rings. The van der Waals surface area contributed by atoms with E-state index in [0.29, 0.717) is 12.2 Å². The molecule has 1 aliphatic rings. The molecule has 1 aliphatic heterocycles. The quantitative estimate of drug-likeness (QED) is 0.517. The Kier molecular flexibility index (Phi) is 1.23. The van der Waals surface area contributed by atoms with Crippen molar-refractivity contribution in [2.75, 3.05) is 6.61 Å². The van der Waals surface area contributed by atoms with Crippen molar-refractivity contribution in [3.05, 3.63) is 11.1 Å². The Labute approximate surface area is 53.1 Å². The summed E-state index contributed by atoms with van der Waals surface area (Å²) in [5.74, 6) is 0.00926. The summed E-state index contributed by atoms with van der Waals surface area (Å²) in [6, 6.07) is 1.89. The van der Waals surface area contributed by atoms with Gasteiger partial charge in [-0.05, 0) is 12.5 Å². The molecule has 0 atom stereocenters. The standard InChI is InChI=1S/C6H6N2O/c1-4-3-9-6(8)5(4)2-7/h8H,3H2,1H3. The van der Waals surface area contributed by atoms with Gasteiger partial charge in [-0.1, -0.05) is 0 Å². The molecule has 3 heteroatoms. The molecule has 1 rings (SSSR count). The third-order valence-corrected chi connectivity index (χ3v) is 1.20. The number of rotatable bonds is 0. The summed E-state index contributed by atoms with van der Waals surface area (Å²) < 4.78 is 4.76. The van der Waals surface area contributed by atoms with E-state index < -0.39 is 0 Å². The Hall–Kier alpha value is -1.30. The van der Waals surface area contributed by atoms with Gasteiger partial charge in [0.15, 0.2) is 0 Å². The normalized spacial score (nSPS) is 17.6. The molecule has 3 nitrogen and oxygen atoms in total. The molecule has 0 amide bonds. The fraction of sp³-hybridized carbons (Fsp3) is 0.333. The first kappa shape index (κ1) is 5.83. The molecule has 0 spiro atoms. The van der Waals surface area contributed by atoms with Crippen molar-refractivity contribution in [3.8, 4) is 6.07 Å². The minimum absolute atomic E-state index is 0.00926. The molecule has 0 aromatic rings. The Bertz CT molecular complexity index is 222. The molecule has 0 unspecified atom stereocenters. The number of nitrogens with zero attached hydrogens (tertiary/aromatic N) is 1. The molecule has 0 saturated carbocycles. The van der Waals surface area contributed by atoms with Gasteiger partial charge in [-0.15, -0.1) is 0 Å². The average molecular weight is 122 g/mol. The zero-order valence-electron chi connectivity index (χ0n) is 5.06. The van der Waals surface area contributed by atoms with Crippen LogP contribution in [0.1, 0.15) is 6.92 Å². The lowest BCUT2D eigenvalue weighted by molar-refractivity contribution is 0.355. The second kappa shape index (κ2) is 1.90. The number of hydrogen-bond acceptors (Lipinski definition) is 3. The average Bonchev–Trinajstić information content (AvgIpc) is 2.12. The minimum atomic E-state index is 0.00926. The highest BCUT2D eigenvalue weighted by atomic mass is 16.5. The van der Waals surface area contributed by atoms with Crippen molar-refractivity contribution in [2.45, 2.75) is 6.92 Å². The number of hydrogen-bond donors (Lipinski definition) is 1. The Balaban J connectivity index is 2.99. The first-order valence-corrected chi connectivity index (χ1v) is 2.57. The maximum Gasteiger partial charge on any atom is 0.224 e. The summed E-state index contributed by atoms with van der Waals surface area (Å²) in [6.45, 7) is 2.20. The van der Waals surface area contributed by atoms with Crippen LogP contribution in [0, 0.1) is 16.7 Å². The SMILES string of the molecule is CC1=C(C#N)C(=N)OC1. The summed E-state index contributed by atoms with van der Waals surface area (Å²) in [5, 5.41) is 15.4. The fourth-order valence-corrected chi connectivity index (χ4v) is 0.665. The second-order valence-corrected chi connectivity index (χ2v) is 1.88. The van der Waals surface area contributed by atoms with Gasteiger partial charge in [0, 0.05) is 0 Å². The van der Waals surface area contributed by atoms with Gasteiger partial charge in [-0.2, -0.15) is 5.26 Å². The van der Waals surface area contributed by atoms with Crippen molar-refractivity contribution >= 4 is 5.90 Å². The monoisotopic (exact) mass is 122 g/mol. The first-order chi connectivity index (χ1) is 4.25. The fourth-order valence-electron chi connectivity index (χ4n) is 0.665. The molecule has 0 aliphatic carbocycles. The highest BCUT2D eigenvalue weighted by molar-refractivity contribution is 5.97. The molecular weight excluding hydrogens is 116 g/mol. The van der Waals surface area contributed by atoms with Crippen molar-refractivity contribution in [3.63, 3.8) is 0 Å². The number of nitrogens with one attached hydrogen (secondary N) is 1. The van der Waals surface area contributed by atoms with Crippen LogP contribution in [0.25, 0.3) is 0 Å². The van der Waals surface area contributed by atoms with E-state index in [4.69, 9.17) is 15.4 Å². The Morgan fingerprint density at radius 3 is 2.67 bits per heavy atom. The van der Waals surface area contributed by atoms with Crippen LogP contribution in [0.3, 0.4) is 0 Å². The Morgan fingerprint density at radius 1 is 1.78 bits per heavy atom. The van der Waals surface area contributed by atoms with Crippen LogP contribution < -0.4 is 0 Å². The highest BCUT2D eigenvalue weighted by Gasteiger charge is 2.16. The van der Waals surface area contributed by atoms with E-state index in [9.17, 15) is 0 Å². The second-order valence-electron chi connectivity index (χ2n) is 1.88. The predicted molar refractivity (Wildman–Crippen MR) is 32.0 cm³/mol. The maximum absolute atomic E-state index is 8.38. The molecule has 46 valence electrons. The van der Waals surface area contributed by atoms with Gasteiger partial charge in [0.05, 0.1) is 0 Å². The lowest BCUT2D eigenvalue weighted by atomic mass is 10.2. The van der Waals surface area contributed by atoms with E-state index in [2.05, 4.69) is 0 Å². The molecule has 0 bridgehead atoms. The van der Waals surface area contributed by atoms with Gasteiger partial charge in [0.2, 0.25) is 5.90 Å². The largest absolute Gasteiger partial charge is 0.473 e. The highest BCUT2D eigenvalue weighted by Crippen LogP contribution is 2.13. The first-order valence-electron chi connectivity index (χ1n) is 2.57.